The van der Waals surface area contributed by atoms with Crippen LogP contribution in [0.1, 0.15) is 401 Å². The minimum atomic E-state index is -4.96. The number of carbonyl (C=O) groups is 4. The fourth-order valence-corrected chi connectivity index (χ4v) is 13.3. The van der Waals surface area contributed by atoms with Crippen molar-refractivity contribution in [3.8, 4) is 0 Å². The Morgan fingerprint density at radius 2 is 0.484 bits per heavy atom. The second-order valence-corrected chi connectivity index (χ2v) is 30.8. The van der Waals surface area contributed by atoms with Crippen molar-refractivity contribution in [1.29, 1.82) is 0 Å². The summed E-state index contributed by atoms with van der Waals surface area (Å²) in [5.74, 6) is -1.34. The van der Waals surface area contributed by atoms with E-state index >= 15 is 0 Å². The first-order valence-electron chi connectivity index (χ1n) is 39.6. The molecule has 0 bridgehead atoms. The number of hydrogen-bond donors (Lipinski definition) is 3. The van der Waals surface area contributed by atoms with Crippen LogP contribution in [0.2, 0.25) is 0 Å². The monoisotopic (exact) mass is 1400 g/mol. The van der Waals surface area contributed by atoms with Crippen molar-refractivity contribution in [1.82, 2.24) is 0 Å². The van der Waals surface area contributed by atoms with E-state index in [9.17, 15) is 43.2 Å². The van der Waals surface area contributed by atoms with Gasteiger partial charge in [0.1, 0.15) is 19.3 Å². The molecule has 0 saturated heterocycles. The van der Waals surface area contributed by atoms with Crippen LogP contribution in [0, 0.1) is 5.92 Å². The first kappa shape index (κ1) is 93.1. The molecule has 3 N–H and O–H groups in total. The predicted molar refractivity (Wildman–Crippen MR) is 386 cm³/mol. The smallest absolute Gasteiger partial charge is 0.462 e. The number of ether oxygens (including phenoxy) is 4. The van der Waals surface area contributed by atoms with Crippen molar-refractivity contribution in [3.63, 3.8) is 0 Å². The van der Waals surface area contributed by atoms with Crippen LogP contribution in [0.15, 0.2) is 0 Å². The molecular weight excluding hydrogens is 1250 g/mol. The number of rotatable bonds is 76. The molecule has 17 nitrogen and oxygen atoms in total. The predicted octanol–water partition coefficient (Wildman–Crippen LogP) is 22.5. The Labute approximate surface area is 581 Å². The summed E-state index contributed by atoms with van der Waals surface area (Å²) in [5, 5.41) is 10.6. The lowest BCUT2D eigenvalue weighted by Gasteiger charge is -2.21. The minimum absolute atomic E-state index is 0.108. The summed E-state index contributed by atoms with van der Waals surface area (Å²) in [6.45, 7) is 7.30. The second-order valence-electron chi connectivity index (χ2n) is 27.9. The van der Waals surface area contributed by atoms with E-state index in [1.54, 1.807) is 0 Å². The summed E-state index contributed by atoms with van der Waals surface area (Å²) in [4.78, 5) is 72.8. The largest absolute Gasteiger partial charge is 0.472 e. The summed E-state index contributed by atoms with van der Waals surface area (Å²) in [6.07, 6.45) is 58.1. The lowest BCUT2D eigenvalue weighted by Crippen LogP contribution is -2.30. The van der Waals surface area contributed by atoms with E-state index in [4.69, 9.17) is 37.0 Å². The number of unbranched alkanes of at least 4 members (excludes halogenated alkanes) is 48. The first-order chi connectivity index (χ1) is 46.0. The van der Waals surface area contributed by atoms with Gasteiger partial charge in [0.2, 0.25) is 0 Å². The van der Waals surface area contributed by atoms with E-state index < -0.39 is 97.5 Å². The van der Waals surface area contributed by atoms with Gasteiger partial charge in [-0.1, -0.05) is 349 Å². The molecule has 0 aliphatic heterocycles. The van der Waals surface area contributed by atoms with Gasteiger partial charge in [-0.05, 0) is 31.6 Å². The number of aliphatic hydroxyl groups excluding tert-OH is 1. The minimum Gasteiger partial charge on any atom is -0.462 e. The van der Waals surface area contributed by atoms with E-state index in [0.717, 1.165) is 95.8 Å². The molecule has 95 heavy (non-hydrogen) atoms. The maximum absolute atomic E-state index is 13.1. The second kappa shape index (κ2) is 69.2. The molecule has 19 heteroatoms. The standard InChI is InChI=1S/C76H148O17P2/c1-6-9-12-15-18-21-24-26-27-28-29-30-32-36-42-47-52-57-62-76(81)93-72(66-87-74(79)60-55-50-45-40-37-33-34-38-43-48-53-58-69(4)5)68-91-95(84,85)89-64-70(77)63-88-94(82,83)90-67-71(65-86-73(78)59-54-49-44-39-23-20-17-14-11-8-3)92-75(80)61-56-51-46-41-35-31-25-22-19-16-13-10-7-2/h69-72,77H,6-68H2,1-5H3,(H,82,83)(H,84,85)/t70-,71+,72+/m0/s1. The average Bonchev–Trinajstić information content (AvgIpc) is 1.93. The van der Waals surface area contributed by atoms with E-state index in [1.165, 1.54) is 225 Å². The quantitative estimate of drug-likeness (QED) is 0.0222. The Kier molecular flexibility index (Phi) is 67.7. The molecule has 2 unspecified atom stereocenters. The van der Waals surface area contributed by atoms with Crippen molar-refractivity contribution < 1.29 is 80.2 Å². The molecule has 5 atom stereocenters. The number of hydrogen-bond acceptors (Lipinski definition) is 15. The Hall–Kier alpha value is -1.94. The molecule has 0 rings (SSSR count). The highest BCUT2D eigenvalue weighted by Crippen LogP contribution is 2.45. The lowest BCUT2D eigenvalue weighted by molar-refractivity contribution is -0.161. The molecule has 0 amide bonds. The van der Waals surface area contributed by atoms with Gasteiger partial charge >= 0.3 is 39.5 Å². The molecule has 0 aliphatic carbocycles. The highest BCUT2D eigenvalue weighted by Gasteiger charge is 2.30. The molecule has 0 aliphatic rings. The Morgan fingerprint density at radius 3 is 0.716 bits per heavy atom. The zero-order valence-electron chi connectivity index (χ0n) is 61.8. The van der Waals surface area contributed by atoms with Crippen LogP contribution in [0.3, 0.4) is 0 Å². The van der Waals surface area contributed by atoms with Crippen molar-refractivity contribution in [3.05, 3.63) is 0 Å². The molecule has 0 aromatic carbocycles. The fourth-order valence-electron chi connectivity index (χ4n) is 11.7. The number of phosphoric ester groups is 2. The molecular formula is C76H148O17P2. The van der Waals surface area contributed by atoms with Gasteiger partial charge in [-0.15, -0.1) is 0 Å². The van der Waals surface area contributed by atoms with E-state index in [0.29, 0.717) is 25.7 Å². The zero-order chi connectivity index (χ0) is 69.8. The van der Waals surface area contributed by atoms with Gasteiger partial charge in [0, 0.05) is 25.7 Å². The average molecular weight is 1400 g/mol. The molecule has 0 fully saturated rings. The van der Waals surface area contributed by atoms with Gasteiger partial charge in [-0.25, -0.2) is 9.13 Å². The lowest BCUT2D eigenvalue weighted by atomic mass is 10.0. The SMILES string of the molecule is CCCCCCCCCCCCCCCCCCCCC(=O)O[C@H](COC(=O)CCCCCCCCCCCCCC(C)C)COP(=O)(O)OC[C@@H](O)COP(=O)(O)OC[C@@H](COC(=O)CCCCCCCCCCCC)OC(=O)CCCCCCCCCCCCCCC. The van der Waals surface area contributed by atoms with Gasteiger partial charge in [0.05, 0.1) is 26.4 Å². The van der Waals surface area contributed by atoms with Crippen molar-refractivity contribution >= 4 is 39.5 Å². The van der Waals surface area contributed by atoms with Crippen molar-refractivity contribution in [2.24, 2.45) is 5.92 Å². The third-order valence-corrected chi connectivity index (χ3v) is 19.7. The van der Waals surface area contributed by atoms with Gasteiger partial charge in [-0.2, -0.15) is 0 Å². The summed E-state index contributed by atoms with van der Waals surface area (Å²) in [7, 11) is -9.91. The third kappa shape index (κ3) is 70.3. The van der Waals surface area contributed by atoms with Gasteiger partial charge in [0.15, 0.2) is 12.2 Å². The third-order valence-electron chi connectivity index (χ3n) is 17.8. The summed E-state index contributed by atoms with van der Waals surface area (Å²) < 4.78 is 68.5. The van der Waals surface area contributed by atoms with E-state index in [2.05, 4.69) is 34.6 Å². The molecule has 0 saturated carbocycles. The molecule has 0 radical (unpaired) electrons. The van der Waals surface area contributed by atoms with Crippen LogP contribution in [0.5, 0.6) is 0 Å². The molecule has 0 aromatic heterocycles. The Morgan fingerprint density at radius 1 is 0.284 bits per heavy atom. The maximum Gasteiger partial charge on any atom is 0.472 e. The summed E-state index contributed by atoms with van der Waals surface area (Å²) in [5.41, 5.74) is 0. The fraction of sp³-hybridized carbons (Fsp3) is 0.947. The van der Waals surface area contributed by atoms with Gasteiger partial charge in [0.25, 0.3) is 0 Å². The molecule has 564 valence electrons. The maximum atomic E-state index is 13.1. The van der Waals surface area contributed by atoms with Crippen LogP contribution in [0.25, 0.3) is 0 Å². The van der Waals surface area contributed by atoms with Gasteiger partial charge in [-0.3, -0.25) is 37.3 Å². The van der Waals surface area contributed by atoms with Crippen molar-refractivity contribution in [2.75, 3.05) is 39.6 Å². The highest BCUT2D eigenvalue weighted by atomic mass is 31.2. The van der Waals surface area contributed by atoms with Gasteiger partial charge < -0.3 is 33.8 Å². The number of phosphoric acid groups is 2. The molecule has 0 aromatic rings. The summed E-state index contributed by atoms with van der Waals surface area (Å²) in [6, 6.07) is 0. The summed E-state index contributed by atoms with van der Waals surface area (Å²) >= 11 is 0. The Bertz CT molecular complexity index is 1820. The van der Waals surface area contributed by atoms with E-state index in [1.807, 2.05) is 0 Å². The topological polar surface area (TPSA) is 237 Å². The van der Waals surface area contributed by atoms with Crippen LogP contribution in [-0.2, 0) is 65.4 Å². The normalized spacial score (nSPS) is 13.9. The zero-order valence-corrected chi connectivity index (χ0v) is 63.6. The molecule has 0 spiro atoms. The number of esters is 4. The number of aliphatic hydroxyl groups is 1. The van der Waals surface area contributed by atoms with Crippen LogP contribution >= 0.6 is 15.6 Å². The Balaban J connectivity index is 5.24. The van der Waals surface area contributed by atoms with E-state index in [-0.39, 0.29) is 25.7 Å². The molecule has 0 heterocycles. The van der Waals surface area contributed by atoms with Crippen LogP contribution < -0.4 is 0 Å². The van der Waals surface area contributed by atoms with Crippen LogP contribution in [0.4, 0.5) is 0 Å². The van der Waals surface area contributed by atoms with Crippen LogP contribution in [-0.4, -0.2) is 96.7 Å². The first-order valence-corrected chi connectivity index (χ1v) is 42.6. The highest BCUT2D eigenvalue weighted by molar-refractivity contribution is 7.47. The van der Waals surface area contributed by atoms with Crippen molar-refractivity contribution in [2.45, 2.75) is 419 Å². The number of carbonyl (C=O) groups excluding carboxylic acids is 4.